The molecule has 0 spiro atoms. The van der Waals surface area contributed by atoms with E-state index in [1.165, 1.54) is 13.5 Å². The fourth-order valence-electron chi connectivity index (χ4n) is 2.65. The van der Waals surface area contributed by atoms with Crippen LogP contribution in [0.3, 0.4) is 0 Å². The number of ether oxygens (including phenoxy) is 1. The Morgan fingerprint density at radius 3 is 2.70 bits per heavy atom. The maximum atomic E-state index is 12.1. The Bertz CT molecular complexity index is 333. The van der Waals surface area contributed by atoms with Crippen LogP contribution in [0.25, 0.3) is 0 Å². The third-order valence-corrected chi connectivity index (χ3v) is 4.09. The summed E-state index contributed by atoms with van der Waals surface area (Å²) in [6.45, 7) is 8.45. The topological polar surface area (TPSA) is 58.6 Å². The second kappa shape index (κ2) is 8.25. The van der Waals surface area contributed by atoms with Gasteiger partial charge in [-0.25, -0.2) is 4.79 Å². The summed E-state index contributed by atoms with van der Waals surface area (Å²) in [7, 11) is 1.36. The van der Waals surface area contributed by atoms with Gasteiger partial charge in [0.15, 0.2) is 0 Å². The summed E-state index contributed by atoms with van der Waals surface area (Å²) in [4.78, 5) is 26.0. The lowest BCUT2D eigenvalue weighted by Gasteiger charge is -2.31. The number of hydrogen-bond donors (Lipinski definition) is 1. The number of nitrogens with zero attached hydrogens (tertiary/aromatic N) is 1. The molecule has 0 radical (unpaired) electrons. The normalized spacial score (nSPS) is 22.9. The van der Waals surface area contributed by atoms with Gasteiger partial charge in [-0.3, -0.25) is 9.69 Å². The van der Waals surface area contributed by atoms with Gasteiger partial charge in [0.25, 0.3) is 0 Å². The summed E-state index contributed by atoms with van der Waals surface area (Å²) < 4.78 is 4.78. The van der Waals surface area contributed by atoms with E-state index in [0.717, 1.165) is 25.9 Å². The van der Waals surface area contributed by atoms with Crippen molar-refractivity contribution in [3.8, 4) is 0 Å². The van der Waals surface area contributed by atoms with Gasteiger partial charge in [-0.15, -0.1) is 0 Å². The summed E-state index contributed by atoms with van der Waals surface area (Å²) in [5.74, 6) is 0.267. The zero-order valence-electron chi connectivity index (χ0n) is 13.1. The van der Waals surface area contributed by atoms with Crippen molar-refractivity contribution in [3.05, 3.63) is 0 Å². The van der Waals surface area contributed by atoms with Crippen LogP contribution in [0.5, 0.6) is 0 Å². The van der Waals surface area contributed by atoms with Crippen LogP contribution in [0.2, 0.25) is 0 Å². The lowest BCUT2D eigenvalue weighted by atomic mass is 9.99. The van der Waals surface area contributed by atoms with Crippen molar-refractivity contribution in [1.29, 1.82) is 0 Å². The van der Waals surface area contributed by atoms with Gasteiger partial charge in [0.1, 0.15) is 6.04 Å². The number of methoxy groups -OCH3 is 1. The molecule has 1 fully saturated rings. The zero-order valence-corrected chi connectivity index (χ0v) is 13.1. The van der Waals surface area contributed by atoms with E-state index in [1.54, 1.807) is 0 Å². The van der Waals surface area contributed by atoms with Crippen LogP contribution in [-0.2, 0) is 14.3 Å². The Hall–Kier alpha value is -1.10. The third-order valence-electron chi connectivity index (χ3n) is 4.09. The average molecular weight is 284 g/mol. The van der Waals surface area contributed by atoms with Crippen molar-refractivity contribution in [2.45, 2.75) is 46.1 Å². The Morgan fingerprint density at radius 2 is 2.15 bits per heavy atom. The van der Waals surface area contributed by atoms with Gasteiger partial charge >= 0.3 is 5.97 Å². The smallest absolute Gasteiger partial charge is 0.328 e. The Morgan fingerprint density at radius 1 is 1.45 bits per heavy atom. The maximum Gasteiger partial charge on any atom is 0.328 e. The molecule has 1 amide bonds. The van der Waals surface area contributed by atoms with Crippen LogP contribution in [0.1, 0.15) is 40.0 Å². The van der Waals surface area contributed by atoms with E-state index in [1.807, 2.05) is 13.8 Å². The lowest BCUT2D eigenvalue weighted by molar-refractivity contribution is -0.146. The number of carbonyl (C=O) groups is 2. The van der Waals surface area contributed by atoms with Crippen LogP contribution in [0, 0.1) is 11.8 Å². The van der Waals surface area contributed by atoms with Crippen LogP contribution in [0.15, 0.2) is 0 Å². The molecular weight excluding hydrogens is 256 g/mol. The highest BCUT2D eigenvalue weighted by Gasteiger charge is 2.27. The molecule has 5 nitrogen and oxygen atoms in total. The summed E-state index contributed by atoms with van der Waals surface area (Å²) in [6.07, 6.45) is 3.19. The van der Waals surface area contributed by atoms with Crippen molar-refractivity contribution < 1.29 is 14.3 Å². The molecule has 0 aromatic carbocycles. The van der Waals surface area contributed by atoms with Crippen molar-refractivity contribution in [1.82, 2.24) is 10.2 Å². The standard InChI is InChI=1S/C15H28N2O3/c1-5-12(3)14(15(19)20-4)16-13(18)10-17-8-6-7-11(2)9-17/h11-12,14H,5-10H2,1-4H3,(H,16,18). The molecule has 3 atom stereocenters. The minimum absolute atomic E-state index is 0.0756. The fraction of sp³-hybridized carbons (Fsp3) is 0.867. The third kappa shape index (κ3) is 5.12. The Labute approximate surface area is 122 Å². The monoisotopic (exact) mass is 284 g/mol. The number of piperidine rings is 1. The molecular formula is C15H28N2O3. The van der Waals surface area contributed by atoms with Gasteiger partial charge in [-0.1, -0.05) is 27.2 Å². The molecule has 1 aliphatic heterocycles. The molecule has 1 aliphatic rings. The number of carbonyl (C=O) groups excluding carboxylic acids is 2. The number of rotatable bonds is 6. The highest BCUT2D eigenvalue weighted by Crippen LogP contribution is 2.15. The van der Waals surface area contributed by atoms with Crippen molar-refractivity contribution >= 4 is 11.9 Å². The van der Waals surface area contributed by atoms with Crippen molar-refractivity contribution in [2.24, 2.45) is 11.8 Å². The highest BCUT2D eigenvalue weighted by atomic mass is 16.5. The number of esters is 1. The van der Waals surface area contributed by atoms with E-state index < -0.39 is 6.04 Å². The molecule has 1 heterocycles. The maximum absolute atomic E-state index is 12.1. The van der Waals surface area contributed by atoms with Gasteiger partial charge in [-0.05, 0) is 31.2 Å². The van der Waals surface area contributed by atoms with E-state index in [0.29, 0.717) is 12.5 Å². The van der Waals surface area contributed by atoms with Gasteiger partial charge in [0.05, 0.1) is 13.7 Å². The predicted octanol–water partition coefficient (Wildman–Crippen LogP) is 1.42. The van der Waals surface area contributed by atoms with Gasteiger partial charge in [0.2, 0.25) is 5.91 Å². The summed E-state index contributed by atoms with van der Waals surface area (Å²) in [5, 5.41) is 2.83. The van der Waals surface area contributed by atoms with E-state index in [-0.39, 0.29) is 17.8 Å². The number of nitrogens with one attached hydrogen (secondary N) is 1. The van der Waals surface area contributed by atoms with Crippen molar-refractivity contribution in [3.63, 3.8) is 0 Å². The van der Waals surface area contributed by atoms with E-state index in [2.05, 4.69) is 17.1 Å². The molecule has 0 saturated carbocycles. The minimum Gasteiger partial charge on any atom is -0.467 e. The second-order valence-electron chi connectivity index (χ2n) is 5.94. The highest BCUT2D eigenvalue weighted by molar-refractivity contribution is 5.85. The average Bonchev–Trinajstić information content (AvgIpc) is 2.43. The second-order valence-corrected chi connectivity index (χ2v) is 5.94. The van der Waals surface area contributed by atoms with Gasteiger partial charge < -0.3 is 10.1 Å². The van der Waals surface area contributed by atoms with E-state index in [4.69, 9.17) is 4.74 Å². The fourth-order valence-corrected chi connectivity index (χ4v) is 2.65. The molecule has 1 N–H and O–H groups in total. The molecule has 20 heavy (non-hydrogen) atoms. The van der Waals surface area contributed by atoms with Crippen LogP contribution in [0.4, 0.5) is 0 Å². The first kappa shape index (κ1) is 17.0. The quantitative estimate of drug-likeness (QED) is 0.750. The largest absolute Gasteiger partial charge is 0.467 e. The summed E-state index contributed by atoms with van der Waals surface area (Å²) in [6, 6.07) is -0.542. The molecule has 0 bridgehead atoms. The molecule has 116 valence electrons. The molecule has 3 unspecified atom stereocenters. The van der Waals surface area contributed by atoms with Crippen molar-refractivity contribution in [2.75, 3.05) is 26.7 Å². The molecule has 0 aliphatic carbocycles. The van der Waals surface area contributed by atoms with E-state index in [9.17, 15) is 9.59 Å². The Balaban J connectivity index is 2.50. The van der Waals surface area contributed by atoms with Gasteiger partial charge in [0, 0.05) is 6.54 Å². The van der Waals surface area contributed by atoms with E-state index >= 15 is 0 Å². The first-order chi connectivity index (χ1) is 9.47. The SMILES string of the molecule is CCC(C)C(NC(=O)CN1CCCC(C)C1)C(=O)OC. The molecule has 5 heteroatoms. The zero-order chi connectivity index (χ0) is 15.1. The molecule has 1 rings (SSSR count). The van der Waals surface area contributed by atoms with Crippen LogP contribution in [-0.4, -0.2) is 49.6 Å². The predicted molar refractivity (Wildman–Crippen MR) is 78.2 cm³/mol. The first-order valence-electron chi connectivity index (χ1n) is 7.57. The number of amides is 1. The Kier molecular flexibility index (Phi) is 6.99. The number of likely N-dealkylation sites (tertiary alicyclic amines) is 1. The first-order valence-corrected chi connectivity index (χ1v) is 7.57. The molecule has 0 aromatic heterocycles. The number of hydrogen-bond acceptors (Lipinski definition) is 4. The lowest BCUT2D eigenvalue weighted by Crippen LogP contribution is -2.50. The van der Waals surface area contributed by atoms with Gasteiger partial charge in [-0.2, -0.15) is 0 Å². The summed E-state index contributed by atoms with van der Waals surface area (Å²) in [5.41, 5.74) is 0. The minimum atomic E-state index is -0.542. The molecule has 0 aromatic rings. The molecule has 1 saturated heterocycles. The van der Waals surface area contributed by atoms with Crippen LogP contribution < -0.4 is 5.32 Å². The summed E-state index contributed by atoms with van der Waals surface area (Å²) >= 11 is 0. The van der Waals surface area contributed by atoms with Crippen LogP contribution >= 0.6 is 0 Å².